The molecule has 0 spiro atoms. The van der Waals surface area contributed by atoms with E-state index in [9.17, 15) is 10.1 Å². The molecule has 0 aliphatic heterocycles. The van der Waals surface area contributed by atoms with Gasteiger partial charge in [0.05, 0.1) is 0 Å². The lowest BCUT2D eigenvalue weighted by Crippen LogP contribution is -2.32. The molecule has 0 aromatic heterocycles. The molecule has 1 atom stereocenters. The Balaban J connectivity index is 2.54. The maximum absolute atomic E-state index is 12.3. The number of ether oxygens (including phenoxy) is 1. The van der Waals surface area contributed by atoms with Gasteiger partial charge in [-0.2, -0.15) is 5.26 Å². The molecular formula is C21H20N2O2. The molecule has 1 amide bonds. The van der Waals surface area contributed by atoms with E-state index in [1.54, 1.807) is 12.1 Å². The van der Waals surface area contributed by atoms with Gasteiger partial charge >= 0.3 is 0 Å². The van der Waals surface area contributed by atoms with Crippen molar-refractivity contribution >= 4 is 22.8 Å². The standard InChI is InChI=1S/C21H20N2O2/c1-4-12-25-20-11-10-16-8-6-7-9-18(16)19(20)13-17(14-22)21(24)23-15(3)5-2/h1,6-11,13,15H,5,12H2,2-3H3,(H,23,24)/b17-13+/t15-/m0/s1. The first-order valence-corrected chi connectivity index (χ1v) is 8.11. The Kier molecular flexibility index (Phi) is 6.20. The molecule has 4 heteroatoms. The molecule has 2 aromatic carbocycles. The molecule has 2 aromatic rings. The van der Waals surface area contributed by atoms with E-state index in [0.29, 0.717) is 11.3 Å². The number of hydrogen-bond acceptors (Lipinski definition) is 3. The lowest BCUT2D eigenvalue weighted by Gasteiger charge is -2.13. The van der Waals surface area contributed by atoms with Crippen LogP contribution in [0.2, 0.25) is 0 Å². The number of benzene rings is 2. The van der Waals surface area contributed by atoms with Crippen molar-refractivity contribution in [1.82, 2.24) is 5.32 Å². The average molecular weight is 332 g/mol. The van der Waals surface area contributed by atoms with E-state index in [1.807, 2.05) is 50.2 Å². The minimum absolute atomic E-state index is 0.00562. The minimum atomic E-state index is -0.396. The molecule has 0 unspecified atom stereocenters. The molecule has 2 rings (SSSR count). The summed E-state index contributed by atoms with van der Waals surface area (Å²) in [6, 6.07) is 13.4. The van der Waals surface area contributed by atoms with E-state index < -0.39 is 5.91 Å². The van der Waals surface area contributed by atoms with Gasteiger partial charge in [0.25, 0.3) is 5.91 Å². The number of carbonyl (C=O) groups is 1. The lowest BCUT2D eigenvalue weighted by atomic mass is 10.0. The van der Waals surface area contributed by atoms with Gasteiger partial charge in [-0.05, 0) is 36.3 Å². The molecule has 0 fully saturated rings. The second-order valence-electron chi connectivity index (χ2n) is 5.64. The van der Waals surface area contributed by atoms with Gasteiger partial charge in [0.2, 0.25) is 0 Å². The summed E-state index contributed by atoms with van der Waals surface area (Å²) in [6.07, 6.45) is 7.63. The fraction of sp³-hybridized carbons (Fsp3) is 0.238. The molecule has 4 nitrogen and oxygen atoms in total. The van der Waals surface area contributed by atoms with E-state index in [0.717, 1.165) is 17.2 Å². The Bertz CT molecular complexity index is 885. The van der Waals surface area contributed by atoms with Crippen molar-refractivity contribution in [1.29, 1.82) is 5.26 Å². The minimum Gasteiger partial charge on any atom is -0.480 e. The summed E-state index contributed by atoms with van der Waals surface area (Å²) in [5.41, 5.74) is 0.700. The number of fused-ring (bicyclic) bond motifs is 1. The number of nitrogens with zero attached hydrogens (tertiary/aromatic N) is 1. The third-order valence-corrected chi connectivity index (χ3v) is 3.89. The summed E-state index contributed by atoms with van der Waals surface area (Å²) in [7, 11) is 0. The van der Waals surface area contributed by atoms with Gasteiger partial charge in [0, 0.05) is 11.6 Å². The molecule has 25 heavy (non-hydrogen) atoms. The highest BCUT2D eigenvalue weighted by atomic mass is 16.5. The van der Waals surface area contributed by atoms with Gasteiger partial charge in [-0.1, -0.05) is 43.2 Å². The van der Waals surface area contributed by atoms with Gasteiger partial charge < -0.3 is 10.1 Å². The van der Waals surface area contributed by atoms with Crippen LogP contribution in [0, 0.1) is 23.7 Å². The van der Waals surface area contributed by atoms with Crippen LogP contribution in [0.25, 0.3) is 16.8 Å². The second-order valence-corrected chi connectivity index (χ2v) is 5.64. The van der Waals surface area contributed by atoms with Crippen molar-refractivity contribution in [3.63, 3.8) is 0 Å². The molecule has 0 saturated heterocycles. The highest BCUT2D eigenvalue weighted by Gasteiger charge is 2.14. The normalized spacial score (nSPS) is 12.1. The zero-order chi connectivity index (χ0) is 18.2. The molecule has 1 N–H and O–H groups in total. The first kappa shape index (κ1) is 18.1. The molecule has 0 heterocycles. The molecule has 0 aliphatic rings. The maximum Gasteiger partial charge on any atom is 0.262 e. The van der Waals surface area contributed by atoms with E-state index in [2.05, 4.69) is 11.2 Å². The summed E-state index contributed by atoms with van der Waals surface area (Å²) in [5, 5.41) is 14.1. The van der Waals surface area contributed by atoms with Crippen LogP contribution in [-0.4, -0.2) is 18.6 Å². The van der Waals surface area contributed by atoms with Crippen LogP contribution in [0.5, 0.6) is 5.75 Å². The second kappa shape index (κ2) is 8.57. The van der Waals surface area contributed by atoms with Crippen molar-refractivity contribution in [3.05, 3.63) is 47.5 Å². The third-order valence-electron chi connectivity index (χ3n) is 3.89. The fourth-order valence-electron chi connectivity index (χ4n) is 2.37. The van der Waals surface area contributed by atoms with E-state index in [4.69, 9.17) is 11.2 Å². The van der Waals surface area contributed by atoms with Crippen LogP contribution in [0.3, 0.4) is 0 Å². The maximum atomic E-state index is 12.3. The third kappa shape index (κ3) is 4.40. The Morgan fingerprint density at radius 2 is 2.12 bits per heavy atom. The van der Waals surface area contributed by atoms with Crippen molar-refractivity contribution < 1.29 is 9.53 Å². The Hall–Kier alpha value is -3.24. The first-order valence-electron chi connectivity index (χ1n) is 8.11. The molecule has 0 radical (unpaired) electrons. The van der Waals surface area contributed by atoms with Gasteiger partial charge in [0.1, 0.15) is 24.0 Å². The van der Waals surface area contributed by atoms with Gasteiger partial charge in [-0.25, -0.2) is 0 Å². The highest BCUT2D eigenvalue weighted by Crippen LogP contribution is 2.30. The monoisotopic (exact) mass is 332 g/mol. The van der Waals surface area contributed by atoms with Crippen LogP contribution in [-0.2, 0) is 4.79 Å². The zero-order valence-electron chi connectivity index (χ0n) is 14.4. The predicted octanol–water partition coefficient (Wildman–Crippen LogP) is 3.67. The van der Waals surface area contributed by atoms with Crippen molar-refractivity contribution in [2.45, 2.75) is 26.3 Å². The van der Waals surface area contributed by atoms with Gasteiger partial charge in [-0.15, -0.1) is 6.42 Å². The fourth-order valence-corrected chi connectivity index (χ4v) is 2.37. The van der Waals surface area contributed by atoms with Crippen molar-refractivity contribution in [3.8, 4) is 24.2 Å². The van der Waals surface area contributed by atoms with Gasteiger partial charge in [0.15, 0.2) is 0 Å². The van der Waals surface area contributed by atoms with Crippen molar-refractivity contribution in [2.75, 3.05) is 6.61 Å². The number of amides is 1. The number of terminal acetylenes is 1. The van der Waals surface area contributed by atoms with Crippen LogP contribution in [0.1, 0.15) is 25.8 Å². The number of nitrogens with one attached hydrogen (secondary N) is 1. The van der Waals surface area contributed by atoms with E-state index >= 15 is 0 Å². The van der Waals surface area contributed by atoms with Gasteiger partial charge in [-0.3, -0.25) is 4.79 Å². The van der Waals surface area contributed by atoms with E-state index in [-0.39, 0.29) is 18.2 Å². The molecule has 0 saturated carbocycles. The van der Waals surface area contributed by atoms with Crippen LogP contribution < -0.4 is 10.1 Å². The smallest absolute Gasteiger partial charge is 0.262 e. The summed E-state index contributed by atoms with van der Waals surface area (Å²) in [5.74, 6) is 2.57. The summed E-state index contributed by atoms with van der Waals surface area (Å²) >= 11 is 0. The molecule has 0 bridgehead atoms. The number of rotatable bonds is 6. The molecule has 126 valence electrons. The largest absolute Gasteiger partial charge is 0.480 e. The first-order chi connectivity index (χ1) is 12.1. The van der Waals surface area contributed by atoms with Crippen LogP contribution in [0.15, 0.2) is 42.0 Å². The quantitative estimate of drug-likeness (QED) is 0.499. The topological polar surface area (TPSA) is 62.1 Å². The highest BCUT2D eigenvalue weighted by molar-refractivity contribution is 6.05. The predicted molar refractivity (Wildman–Crippen MR) is 99.8 cm³/mol. The Labute approximate surface area is 148 Å². The van der Waals surface area contributed by atoms with Crippen molar-refractivity contribution in [2.24, 2.45) is 0 Å². The van der Waals surface area contributed by atoms with E-state index in [1.165, 1.54) is 0 Å². The summed E-state index contributed by atoms with van der Waals surface area (Å²) in [6.45, 7) is 3.98. The number of carbonyl (C=O) groups excluding carboxylic acids is 1. The number of nitriles is 1. The molecular weight excluding hydrogens is 312 g/mol. The average Bonchev–Trinajstić information content (AvgIpc) is 2.64. The lowest BCUT2D eigenvalue weighted by molar-refractivity contribution is -0.117. The van der Waals surface area contributed by atoms with Crippen LogP contribution in [0.4, 0.5) is 0 Å². The van der Waals surface area contributed by atoms with Crippen LogP contribution >= 0.6 is 0 Å². The number of hydrogen-bond donors (Lipinski definition) is 1. The summed E-state index contributed by atoms with van der Waals surface area (Å²) < 4.78 is 5.60. The Morgan fingerprint density at radius 1 is 1.36 bits per heavy atom. The summed E-state index contributed by atoms with van der Waals surface area (Å²) in [4.78, 5) is 12.3. The molecule has 0 aliphatic carbocycles. The zero-order valence-corrected chi connectivity index (χ0v) is 14.4. The SMILES string of the molecule is C#CCOc1ccc2ccccc2c1/C=C(\C#N)C(=O)N[C@@H](C)CC. The Morgan fingerprint density at radius 3 is 2.80 bits per heavy atom.